The summed E-state index contributed by atoms with van der Waals surface area (Å²) in [6.45, 7) is 2.06. The molecule has 0 unspecified atom stereocenters. The van der Waals surface area contributed by atoms with Gasteiger partial charge in [-0.25, -0.2) is 0 Å². The molecule has 0 aliphatic rings. The van der Waals surface area contributed by atoms with Gasteiger partial charge in [0.2, 0.25) is 0 Å². The third-order valence-electron chi connectivity index (χ3n) is 0.952. The van der Waals surface area contributed by atoms with Crippen LogP contribution in [0.5, 0.6) is 0 Å². The van der Waals surface area contributed by atoms with Gasteiger partial charge in [-0.2, -0.15) is 18.0 Å². The van der Waals surface area contributed by atoms with Crippen LogP contribution < -0.4 is 29.6 Å². The van der Waals surface area contributed by atoms with E-state index in [1.165, 1.54) is 11.8 Å². The number of esters is 1. The van der Waals surface area contributed by atoms with Gasteiger partial charge in [0, 0.05) is 0 Å². The first kappa shape index (κ1) is 20.3. The standard InChI is InChI=1S/C7H12O3S.CH4S.Na/c1-3-10-7(9)4-6(8)5-11-2;1-2;/h3-5H2,1-2H3;2H,1H3;/q;;+1/p-1. The summed E-state index contributed by atoms with van der Waals surface area (Å²) in [5, 5.41) is 0. The molecule has 0 aliphatic heterocycles. The van der Waals surface area contributed by atoms with Crippen molar-refractivity contribution in [1.82, 2.24) is 0 Å². The molecule has 0 N–H and O–H groups in total. The summed E-state index contributed by atoms with van der Waals surface area (Å²) in [7, 11) is 0. The van der Waals surface area contributed by atoms with Crippen LogP contribution in [-0.2, 0) is 27.0 Å². The van der Waals surface area contributed by atoms with E-state index in [9.17, 15) is 9.59 Å². The van der Waals surface area contributed by atoms with Crippen molar-refractivity contribution in [3.8, 4) is 0 Å². The van der Waals surface area contributed by atoms with Gasteiger partial charge in [0.25, 0.3) is 0 Å². The number of ether oxygens (including phenoxy) is 1. The molecule has 0 rings (SSSR count). The molecule has 0 amide bonds. The molecule has 78 valence electrons. The van der Waals surface area contributed by atoms with Gasteiger partial charge in [0.1, 0.15) is 6.42 Å². The quantitative estimate of drug-likeness (QED) is 0.244. The van der Waals surface area contributed by atoms with Crippen molar-refractivity contribution in [2.45, 2.75) is 13.3 Å². The minimum absolute atomic E-state index is 0. The molecule has 3 nitrogen and oxygen atoms in total. The van der Waals surface area contributed by atoms with Crippen LogP contribution in [0.1, 0.15) is 13.3 Å². The summed E-state index contributed by atoms with van der Waals surface area (Å²) in [5.74, 6) is -0.110. The van der Waals surface area contributed by atoms with Crippen LogP contribution in [0.2, 0.25) is 0 Å². The monoisotopic (exact) mass is 246 g/mol. The third kappa shape index (κ3) is 15.3. The number of carbonyl (C=O) groups is 2. The van der Waals surface area contributed by atoms with E-state index in [4.69, 9.17) is 0 Å². The summed E-state index contributed by atoms with van der Waals surface area (Å²) in [5.41, 5.74) is 0. The summed E-state index contributed by atoms with van der Waals surface area (Å²) >= 11 is 5.50. The second kappa shape index (κ2) is 16.3. The van der Waals surface area contributed by atoms with Crippen molar-refractivity contribution in [2.24, 2.45) is 0 Å². The van der Waals surface area contributed by atoms with Crippen molar-refractivity contribution in [2.75, 3.05) is 24.9 Å². The molecule has 0 spiro atoms. The molecular weight excluding hydrogens is 231 g/mol. The third-order valence-corrected chi connectivity index (χ3v) is 1.56. The van der Waals surface area contributed by atoms with Crippen molar-refractivity contribution in [3.63, 3.8) is 0 Å². The van der Waals surface area contributed by atoms with E-state index in [2.05, 4.69) is 17.4 Å². The molecule has 14 heavy (non-hydrogen) atoms. The van der Waals surface area contributed by atoms with Crippen LogP contribution in [-0.4, -0.2) is 36.6 Å². The zero-order valence-corrected chi connectivity index (χ0v) is 12.8. The van der Waals surface area contributed by atoms with Gasteiger partial charge in [-0.15, -0.1) is 0 Å². The molecule has 0 aromatic carbocycles. The number of hydrogen-bond donors (Lipinski definition) is 0. The van der Waals surface area contributed by atoms with E-state index in [1.807, 2.05) is 6.26 Å². The van der Waals surface area contributed by atoms with Crippen LogP contribution in [0, 0.1) is 0 Å². The topological polar surface area (TPSA) is 43.4 Å². The van der Waals surface area contributed by atoms with Crippen molar-refractivity contribution < 1.29 is 43.9 Å². The number of carbonyl (C=O) groups excluding carboxylic acids is 2. The molecule has 0 atom stereocenters. The van der Waals surface area contributed by atoms with Crippen molar-refractivity contribution in [1.29, 1.82) is 0 Å². The average molecular weight is 246 g/mol. The zero-order chi connectivity index (χ0) is 10.7. The molecule has 0 bridgehead atoms. The first-order valence-corrected chi connectivity index (χ1v) is 5.98. The smallest absolute Gasteiger partial charge is 0.796 e. The summed E-state index contributed by atoms with van der Waals surface area (Å²) in [4.78, 5) is 21.5. The van der Waals surface area contributed by atoms with Crippen LogP contribution in [0.4, 0.5) is 0 Å². The molecule has 0 aliphatic carbocycles. The Morgan fingerprint density at radius 2 is 1.86 bits per heavy atom. The van der Waals surface area contributed by atoms with Gasteiger partial charge < -0.3 is 17.4 Å². The largest absolute Gasteiger partial charge is 1.00 e. The van der Waals surface area contributed by atoms with E-state index >= 15 is 0 Å². The maximum Gasteiger partial charge on any atom is 1.00 e. The predicted octanol–water partition coefficient (Wildman–Crippen LogP) is -1.96. The number of hydrogen-bond acceptors (Lipinski definition) is 5. The molecule has 0 radical (unpaired) electrons. The zero-order valence-electron chi connectivity index (χ0n) is 9.16. The van der Waals surface area contributed by atoms with E-state index in [0.29, 0.717) is 12.4 Å². The SMILES string of the molecule is CCOC(=O)CC(=O)CSC.C[S-].[Na+]. The molecule has 0 saturated heterocycles. The Balaban J connectivity index is -0.000000376. The normalized spacial score (nSPS) is 7.71. The molecule has 0 aromatic heterocycles. The second-order valence-electron chi connectivity index (χ2n) is 1.95. The van der Waals surface area contributed by atoms with Gasteiger partial charge in [0.15, 0.2) is 5.78 Å². The minimum Gasteiger partial charge on any atom is -0.796 e. The maximum absolute atomic E-state index is 10.8. The fourth-order valence-electron chi connectivity index (χ4n) is 0.585. The summed E-state index contributed by atoms with van der Waals surface area (Å²) < 4.78 is 4.59. The van der Waals surface area contributed by atoms with Gasteiger partial charge >= 0.3 is 35.5 Å². The maximum atomic E-state index is 10.8. The van der Waals surface area contributed by atoms with Crippen molar-refractivity contribution >= 4 is 36.1 Å². The van der Waals surface area contributed by atoms with E-state index in [0.717, 1.165) is 0 Å². The first-order valence-electron chi connectivity index (χ1n) is 3.77. The first-order chi connectivity index (χ1) is 6.20. The number of rotatable bonds is 5. The van der Waals surface area contributed by atoms with Crippen LogP contribution in [0.15, 0.2) is 0 Å². The Kier molecular flexibility index (Phi) is 23.6. The number of Topliss-reactive ketones (excluding diaryl/α,β-unsaturated/α-hetero) is 1. The van der Waals surface area contributed by atoms with Gasteiger partial charge in [0.05, 0.1) is 12.4 Å². The fourth-order valence-corrected chi connectivity index (χ4v) is 1.01. The molecular formula is C8H15NaO3S2. The Labute approximate surface area is 117 Å². The van der Waals surface area contributed by atoms with E-state index in [1.54, 1.807) is 13.2 Å². The number of thioether (sulfide) groups is 1. The van der Waals surface area contributed by atoms with Crippen LogP contribution in [0.3, 0.4) is 0 Å². The fraction of sp³-hybridized carbons (Fsp3) is 0.750. The Hall–Kier alpha value is 0.840. The molecule has 0 heterocycles. The van der Waals surface area contributed by atoms with Crippen LogP contribution in [0.25, 0.3) is 0 Å². The summed E-state index contributed by atoms with van der Waals surface area (Å²) in [6.07, 6.45) is 3.32. The Morgan fingerprint density at radius 1 is 1.36 bits per heavy atom. The predicted molar refractivity (Wildman–Crippen MR) is 57.9 cm³/mol. The second-order valence-corrected chi connectivity index (χ2v) is 2.82. The molecule has 0 fully saturated rings. The Bertz CT molecular complexity index is 138. The number of ketones is 1. The molecule has 0 saturated carbocycles. The minimum atomic E-state index is -0.424. The molecule has 6 heteroatoms. The average Bonchev–Trinajstić information content (AvgIpc) is 2.08. The van der Waals surface area contributed by atoms with Crippen molar-refractivity contribution in [3.05, 3.63) is 0 Å². The van der Waals surface area contributed by atoms with E-state index < -0.39 is 5.97 Å². The molecule has 0 aromatic rings. The van der Waals surface area contributed by atoms with E-state index in [-0.39, 0.29) is 41.8 Å². The van der Waals surface area contributed by atoms with Gasteiger partial charge in [-0.3, -0.25) is 9.59 Å². The van der Waals surface area contributed by atoms with Crippen LogP contribution >= 0.6 is 11.8 Å². The van der Waals surface area contributed by atoms with Gasteiger partial charge in [-0.1, -0.05) is 0 Å². The van der Waals surface area contributed by atoms with Gasteiger partial charge in [-0.05, 0) is 13.2 Å². The Morgan fingerprint density at radius 3 is 2.21 bits per heavy atom. The summed E-state index contributed by atoms with van der Waals surface area (Å²) in [6, 6.07) is 0.